The minimum Gasteiger partial charge on any atom is -0.383 e. The first-order valence-electron chi connectivity index (χ1n) is 10.1. The molecule has 0 fully saturated rings. The molecule has 0 atom stereocenters. The number of nitrogens with one attached hydrogen (secondary N) is 2. The fraction of sp³-hybridized carbons (Fsp3) is 0.318. The van der Waals surface area contributed by atoms with Gasteiger partial charge in [-0.2, -0.15) is 9.78 Å². The van der Waals surface area contributed by atoms with Gasteiger partial charge in [0.15, 0.2) is 5.82 Å². The van der Waals surface area contributed by atoms with Crippen LogP contribution in [0.15, 0.2) is 48.7 Å². The predicted octanol–water partition coefficient (Wildman–Crippen LogP) is 3.78. The summed E-state index contributed by atoms with van der Waals surface area (Å²) in [5.74, 6) is 0.472. The van der Waals surface area contributed by atoms with Crippen LogP contribution in [0.25, 0.3) is 5.82 Å². The Balaban J connectivity index is 1.92. The Morgan fingerprint density at radius 3 is 2.62 bits per heavy atom. The molecule has 0 unspecified atom stereocenters. The standard InChI is InChI=1S/C22H26N6O4/c1-22(2,3)18-14-20(27(26-18)19-7-5-6-10-24-19)25-21(29)15-8-9-16(23-11-12-32-4)17(13-15)28(30)31/h5-10,13-14,23H,11-12H2,1-4H3,(H,25,29). The molecule has 2 N–H and O–H groups in total. The summed E-state index contributed by atoms with van der Waals surface area (Å²) in [4.78, 5) is 28.3. The molecule has 3 rings (SSSR count). The van der Waals surface area contributed by atoms with Crippen molar-refractivity contribution in [1.82, 2.24) is 14.8 Å². The van der Waals surface area contributed by atoms with Crippen molar-refractivity contribution in [3.8, 4) is 5.82 Å². The number of hydrogen-bond acceptors (Lipinski definition) is 7. The van der Waals surface area contributed by atoms with Crippen molar-refractivity contribution in [2.24, 2.45) is 0 Å². The number of amides is 1. The van der Waals surface area contributed by atoms with Crippen LogP contribution in [0, 0.1) is 10.1 Å². The molecule has 0 radical (unpaired) electrons. The minimum atomic E-state index is -0.526. The van der Waals surface area contributed by atoms with Crippen molar-refractivity contribution < 1.29 is 14.5 Å². The third-order valence-electron chi connectivity index (χ3n) is 4.66. The Hall–Kier alpha value is -3.79. The molecule has 10 nitrogen and oxygen atoms in total. The highest BCUT2D eigenvalue weighted by Gasteiger charge is 2.23. The summed E-state index contributed by atoms with van der Waals surface area (Å²) in [5, 5.41) is 21.9. The number of aromatic nitrogens is 3. The van der Waals surface area contributed by atoms with Gasteiger partial charge < -0.3 is 15.4 Å². The van der Waals surface area contributed by atoms with Crippen molar-refractivity contribution >= 4 is 23.1 Å². The van der Waals surface area contributed by atoms with Crippen molar-refractivity contribution in [2.45, 2.75) is 26.2 Å². The second kappa shape index (κ2) is 9.56. The molecule has 2 heterocycles. The van der Waals surface area contributed by atoms with Gasteiger partial charge in [-0.15, -0.1) is 0 Å². The zero-order valence-corrected chi connectivity index (χ0v) is 18.5. The fourth-order valence-corrected chi connectivity index (χ4v) is 2.94. The molecular formula is C22H26N6O4. The number of ether oxygens (including phenoxy) is 1. The third kappa shape index (κ3) is 5.27. The molecule has 1 aromatic carbocycles. The summed E-state index contributed by atoms with van der Waals surface area (Å²) < 4.78 is 6.51. The number of nitro groups is 1. The highest BCUT2D eigenvalue weighted by Crippen LogP contribution is 2.28. The molecule has 32 heavy (non-hydrogen) atoms. The molecule has 10 heteroatoms. The van der Waals surface area contributed by atoms with E-state index >= 15 is 0 Å². The highest BCUT2D eigenvalue weighted by atomic mass is 16.6. The first-order chi connectivity index (χ1) is 15.2. The van der Waals surface area contributed by atoms with E-state index in [1.54, 1.807) is 36.2 Å². The highest BCUT2D eigenvalue weighted by molar-refractivity contribution is 6.04. The molecule has 0 spiro atoms. The summed E-state index contributed by atoms with van der Waals surface area (Å²) in [6, 6.07) is 11.5. The number of carbonyl (C=O) groups is 1. The third-order valence-corrected chi connectivity index (χ3v) is 4.66. The number of nitrogens with zero attached hydrogens (tertiary/aromatic N) is 4. The van der Waals surface area contributed by atoms with Crippen molar-refractivity contribution in [3.05, 3.63) is 70.0 Å². The first-order valence-corrected chi connectivity index (χ1v) is 10.1. The number of pyridine rings is 1. The molecule has 0 saturated heterocycles. The van der Waals surface area contributed by atoms with Gasteiger partial charge in [0.05, 0.1) is 17.2 Å². The van der Waals surface area contributed by atoms with Gasteiger partial charge in [0.25, 0.3) is 11.6 Å². The zero-order chi connectivity index (χ0) is 23.3. The molecule has 0 aliphatic heterocycles. The van der Waals surface area contributed by atoms with E-state index in [1.807, 2.05) is 26.8 Å². The van der Waals surface area contributed by atoms with Crippen LogP contribution in [0.3, 0.4) is 0 Å². The molecule has 168 valence electrons. The van der Waals surface area contributed by atoms with E-state index in [1.165, 1.54) is 18.2 Å². The van der Waals surface area contributed by atoms with Crippen LogP contribution < -0.4 is 10.6 Å². The van der Waals surface area contributed by atoms with E-state index in [0.29, 0.717) is 30.5 Å². The molecule has 0 bridgehead atoms. The Morgan fingerprint density at radius 1 is 1.22 bits per heavy atom. The lowest BCUT2D eigenvalue weighted by atomic mass is 9.92. The largest absolute Gasteiger partial charge is 0.383 e. The summed E-state index contributed by atoms with van der Waals surface area (Å²) in [7, 11) is 1.55. The van der Waals surface area contributed by atoms with Crippen LogP contribution in [0.5, 0.6) is 0 Å². The van der Waals surface area contributed by atoms with E-state index in [4.69, 9.17) is 4.74 Å². The summed E-state index contributed by atoms with van der Waals surface area (Å²) >= 11 is 0. The second-order valence-corrected chi connectivity index (χ2v) is 8.13. The normalized spacial score (nSPS) is 11.2. The lowest BCUT2D eigenvalue weighted by Crippen LogP contribution is -2.16. The van der Waals surface area contributed by atoms with Gasteiger partial charge in [0.2, 0.25) is 0 Å². The monoisotopic (exact) mass is 438 g/mol. The van der Waals surface area contributed by atoms with Crippen LogP contribution in [-0.4, -0.2) is 45.9 Å². The van der Waals surface area contributed by atoms with E-state index in [0.717, 1.165) is 5.69 Å². The maximum atomic E-state index is 13.0. The first kappa shape index (κ1) is 22.9. The SMILES string of the molecule is COCCNc1ccc(C(=O)Nc2cc(C(C)(C)C)nn2-c2ccccn2)cc1[N+](=O)[O-]. The van der Waals surface area contributed by atoms with E-state index < -0.39 is 10.8 Å². The maximum Gasteiger partial charge on any atom is 0.293 e. The number of anilines is 2. The van der Waals surface area contributed by atoms with Crippen molar-refractivity contribution in [2.75, 3.05) is 30.9 Å². The number of hydrogen-bond donors (Lipinski definition) is 2. The lowest BCUT2D eigenvalue weighted by Gasteiger charge is -2.13. The van der Waals surface area contributed by atoms with E-state index in [-0.39, 0.29) is 16.7 Å². The zero-order valence-electron chi connectivity index (χ0n) is 18.5. The number of carbonyl (C=O) groups excluding carboxylic acids is 1. The Kier molecular flexibility index (Phi) is 6.84. The number of methoxy groups -OCH3 is 1. The number of benzene rings is 1. The Bertz CT molecular complexity index is 1110. The van der Waals surface area contributed by atoms with Crippen LogP contribution >= 0.6 is 0 Å². The fourth-order valence-electron chi connectivity index (χ4n) is 2.94. The quantitative estimate of drug-likeness (QED) is 0.311. The van der Waals surface area contributed by atoms with Gasteiger partial charge in [0, 0.05) is 43.0 Å². The predicted molar refractivity (Wildman–Crippen MR) is 121 cm³/mol. The van der Waals surface area contributed by atoms with Crippen molar-refractivity contribution in [3.63, 3.8) is 0 Å². The van der Waals surface area contributed by atoms with Crippen LogP contribution in [-0.2, 0) is 10.2 Å². The van der Waals surface area contributed by atoms with Gasteiger partial charge in [-0.3, -0.25) is 14.9 Å². The molecule has 0 saturated carbocycles. The van der Waals surface area contributed by atoms with Gasteiger partial charge in [-0.25, -0.2) is 4.98 Å². The Labute approximate surface area is 185 Å². The van der Waals surface area contributed by atoms with Crippen LogP contribution in [0.1, 0.15) is 36.8 Å². The summed E-state index contributed by atoms with van der Waals surface area (Å²) in [6.45, 7) is 6.85. The molecule has 2 aromatic heterocycles. The van der Waals surface area contributed by atoms with Gasteiger partial charge in [0.1, 0.15) is 11.5 Å². The molecular weight excluding hydrogens is 412 g/mol. The minimum absolute atomic E-state index is 0.153. The summed E-state index contributed by atoms with van der Waals surface area (Å²) in [5.41, 5.74) is 0.787. The van der Waals surface area contributed by atoms with E-state index in [2.05, 4.69) is 20.7 Å². The maximum absolute atomic E-state index is 13.0. The van der Waals surface area contributed by atoms with Crippen LogP contribution in [0.4, 0.5) is 17.2 Å². The average molecular weight is 438 g/mol. The molecule has 0 aliphatic carbocycles. The number of nitro benzene ring substituents is 1. The number of rotatable bonds is 8. The molecule has 1 amide bonds. The Morgan fingerprint density at radius 2 is 2.00 bits per heavy atom. The van der Waals surface area contributed by atoms with Gasteiger partial charge in [-0.1, -0.05) is 26.8 Å². The van der Waals surface area contributed by atoms with Crippen LogP contribution in [0.2, 0.25) is 0 Å². The topological polar surface area (TPSA) is 124 Å². The van der Waals surface area contributed by atoms with Gasteiger partial charge >= 0.3 is 0 Å². The lowest BCUT2D eigenvalue weighted by molar-refractivity contribution is -0.384. The second-order valence-electron chi connectivity index (χ2n) is 8.13. The van der Waals surface area contributed by atoms with E-state index in [9.17, 15) is 14.9 Å². The molecule has 3 aromatic rings. The smallest absolute Gasteiger partial charge is 0.293 e. The van der Waals surface area contributed by atoms with Crippen molar-refractivity contribution in [1.29, 1.82) is 0 Å². The summed E-state index contributed by atoms with van der Waals surface area (Å²) in [6.07, 6.45) is 1.64. The average Bonchev–Trinajstić information content (AvgIpc) is 3.19. The molecule has 0 aliphatic rings. The van der Waals surface area contributed by atoms with Gasteiger partial charge in [-0.05, 0) is 24.3 Å².